The minimum absolute atomic E-state index is 0.327. The highest BCUT2D eigenvalue weighted by atomic mass is 16.5. The molecular weight excluding hydrogens is 310 g/mol. The molecule has 1 N–H and O–H groups in total. The Morgan fingerprint density at radius 2 is 2.08 bits per heavy atom. The zero-order valence-corrected chi connectivity index (χ0v) is 13.6. The van der Waals surface area contributed by atoms with Crippen molar-refractivity contribution in [3.8, 4) is 11.5 Å². The van der Waals surface area contributed by atoms with E-state index in [0.717, 1.165) is 12.0 Å². The van der Waals surface area contributed by atoms with Crippen molar-refractivity contribution in [1.82, 2.24) is 5.32 Å². The van der Waals surface area contributed by atoms with Gasteiger partial charge in [0.15, 0.2) is 17.6 Å². The molecule has 0 saturated carbocycles. The highest BCUT2D eigenvalue weighted by Gasteiger charge is 2.15. The molecule has 1 aliphatic rings. The van der Waals surface area contributed by atoms with E-state index in [4.69, 9.17) is 14.2 Å². The third-order valence-electron chi connectivity index (χ3n) is 3.27. The molecule has 0 aromatic heterocycles. The maximum atomic E-state index is 11.8. The third kappa shape index (κ3) is 5.15. The number of rotatable bonds is 6. The van der Waals surface area contributed by atoms with E-state index in [1.807, 2.05) is 6.07 Å². The van der Waals surface area contributed by atoms with Gasteiger partial charge in [0.25, 0.3) is 5.91 Å². The van der Waals surface area contributed by atoms with Gasteiger partial charge < -0.3 is 19.5 Å². The van der Waals surface area contributed by atoms with Gasteiger partial charge in [0.05, 0.1) is 13.2 Å². The average Bonchev–Trinajstić information content (AvgIpc) is 2.82. The fraction of sp³-hybridized carbons (Fsp3) is 0.333. The summed E-state index contributed by atoms with van der Waals surface area (Å²) in [6.45, 7) is 6.56. The summed E-state index contributed by atoms with van der Waals surface area (Å²) in [6.07, 6.45) is 4.39. The second-order valence-corrected chi connectivity index (χ2v) is 5.20. The van der Waals surface area contributed by atoms with Crippen molar-refractivity contribution in [3.05, 3.63) is 42.5 Å². The van der Waals surface area contributed by atoms with E-state index in [2.05, 4.69) is 11.9 Å². The van der Waals surface area contributed by atoms with Gasteiger partial charge in [-0.15, -0.1) is 6.58 Å². The predicted octanol–water partition coefficient (Wildman–Crippen LogP) is 2.09. The van der Waals surface area contributed by atoms with Crippen molar-refractivity contribution < 1.29 is 23.8 Å². The standard InChI is InChI=1S/C18H21NO5/c1-3-9-19-18(21)13(2)24-17(20)8-6-14-5-7-15-16(12-14)23-11-4-10-22-15/h3,5-8,12-13H,1,4,9-11H2,2H3,(H,19,21)/b8-6+/t13-/m1/s1. The van der Waals surface area contributed by atoms with E-state index in [0.29, 0.717) is 31.3 Å². The Morgan fingerprint density at radius 1 is 1.33 bits per heavy atom. The van der Waals surface area contributed by atoms with E-state index in [1.165, 1.54) is 13.0 Å². The average molecular weight is 331 g/mol. The van der Waals surface area contributed by atoms with Crippen molar-refractivity contribution in [3.63, 3.8) is 0 Å². The number of benzene rings is 1. The van der Waals surface area contributed by atoms with Crippen LogP contribution in [0.3, 0.4) is 0 Å². The number of esters is 1. The maximum Gasteiger partial charge on any atom is 0.331 e. The number of ether oxygens (including phenoxy) is 3. The Balaban J connectivity index is 1.92. The van der Waals surface area contributed by atoms with Crippen molar-refractivity contribution in [2.75, 3.05) is 19.8 Å². The topological polar surface area (TPSA) is 73.9 Å². The second-order valence-electron chi connectivity index (χ2n) is 5.20. The summed E-state index contributed by atoms with van der Waals surface area (Å²) in [5.74, 6) is 0.385. The van der Waals surface area contributed by atoms with Gasteiger partial charge in [0.1, 0.15) is 0 Å². The first-order valence-corrected chi connectivity index (χ1v) is 7.77. The monoisotopic (exact) mass is 331 g/mol. The lowest BCUT2D eigenvalue weighted by Crippen LogP contribution is -2.35. The predicted molar refractivity (Wildman–Crippen MR) is 89.8 cm³/mol. The van der Waals surface area contributed by atoms with E-state index in [9.17, 15) is 9.59 Å². The fourth-order valence-electron chi connectivity index (χ4n) is 2.03. The summed E-state index contributed by atoms with van der Waals surface area (Å²) in [6, 6.07) is 5.42. The molecule has 1 heterocycles. The van der Waals surface area contributed by atoms with Crippen molar-refractivity contribution >= 4 is 18.0 Å². The first-order valence-electron chi connectivity index (χ1n) is 7.77. The first kappa shape index (κ1) is 17.6. The van der Waals surface area contributed by atoms with Crippen LogP contribution >= 0.6 is 0 Å². The molecule has 0 saturated heterocycles. The minimum atomic E-state index is -0.870. The first-order chi connectivity index (χ1) is 11.6. The van der Waals surface area contributed by atoms with Crippen LogP contribution in [0.25, 0.3) is 6.08 Å². The number of nitrogens with one attached hydrogen (secondary N) is 1. The molecule has 0 spiro atoms. The molecule has 0 bridgehead atoms. The molecule has 0 radical (unpaired) electrons. The van der Waals surface area contributed by atoms with Crippen LogP contribution in [0.2, 0.25) is 0 Å². The van der Waals surface area contributed by atoms with E-state index in [-0.39, 0.29) is 5.91 Å². The number of hydrogen-bond donors (Lipinski definition) is 1. The summed E-state index contributed by atoms with van der Waals surface area (Å²) in [5, 5.41) is 2.56. The lowest BCUT2D eigenvalue weighted by Gasteiger charge is -2.11. The zero-order chi connectivity index (χ0) is 17.4. The number of fused-ring (bicyclic) bond motifs is 1. The van der Waals surface area contributed by atoms with Crippen molar-refractivity contribution in [2.45, 2.75) is 19.4 Å². The molecular formula is C18H21NO5. The molecule has 2 rings (SSSR count). The quantitative estimate of drug-likeness (QED) is 0.491. The van der Waals surface area contributed by atoms with Gasteiger partial charge in [-0.25, -0.2) is 4.79 Å². The molecule has 0 aliphatic carbocycles. The molecule has 1 atom stereocenters. The van der Waals surface area contributed by atoms with Gasteiger partial charge in [-0.2, -0.15) is 0 Å². The van der Waals surface area contributed by atoms with Crippen LogP contribution in [0.4, 0.5) is 0 Å². The molecule has 6 nitrogen and oxygen atoms in total. The highest BCUT2D eigenvalue weighted by molar-refractivity contribution is 5.90. The number of carbonyl (C=O) groups excluding carboxylic acids is 2. The Labute approximate surface area is 141 Å². The molecule has 1 aromatic rings. The number of amides is 1. The van der Waals surface area contributed by atoms with Gasteiger partial charge >= 0.3 is 5.97 Å². The second kappa shape index (κ2) is 8.76. The van der Waals surface area contributed by atoms with Crippen LogP contribution in [0.1, 0.15) is 18.9 Å². The molecule has 6 heteroatoms. The van der Waals surface area contributed by atoms with E-state index in [1.54, 1.807) is 24.3 Å². The summed E-state index contributed by atoms with van der Waals surface area (Å²) < 4.78 is 16.2. The number of carbonyl (C=O) groups is 2. The van der Waals surface area contributed by atoms with Gasteiger partial charge in [0, 0.05) is 19.0 Å². The normalized spacial score (nSPS) is 14.5. The van der Waals surface area contributed by atoms with Crippen LogP contribution in [0.5, 0.6) is 11.5 Å². The summed E-state index contributed by atoms with van der Waals surface area (Å²) in [4.78, 5) is 23.4. The molecule has 0 unspecified atom stereocenters. The summed E-state index contributed by atoms with van der Waals surface area (Å²) in [7, 11) is 0. The van der Waals surface area contributed by atoms with Gasteiger partial charge in [-0.3, -0.25) is 4.79 Å². The zero-order valence-electron chi connectivity index (χ0n) is 13.6. The lowest BCUT2D eigenvalue weighted by atomic mass is 10.2. The molecule has 24 heavy (non-hydrogen) atoms. The summed E-state index contributed by atoms with van der Waals surface area (Å²) in [5.41, 5.74) is 0.778. The van der Waals surface area contributed by atoms with E-state index >= 15 is 0 Å². The Hall–Kier alpha value is -2.76. The summed E-state index contributed by atoms with van der Waals surface area (Å²) >= 11 is 0. The van der Waals surface area contributed by atoms with Crippen molar-refractivity contribution in [2.24, 2.45) is 0 Å². The molecule has 1 aromatic carbocycles. The SMILES string of the molecule is C=CCNC(=O)[C@@H](C)OC(=O)/C=C/c1ccc2c(c1)OCCCO2. The minimum Gasteiger partial charge on any atom is -0.490 e. The van der Waals surface area contributed by atoms with Gasteiger partial charge in [-0.05, 0) is 30.7 Å². The Bertz CT molecular complexity index is 638. The Kier molecular flexibility index (Phi) is 6.42. The van der Waals surface area contributed by atoms with Crippen molar-refractivity contribution in [1.29, 1.82) is 0 Å². The highest BCUT2D eigenvalue weighted by Crippen LogP contribution is 2.30. The van der Waals surface area contributed by atoms with Crippen LogP contribution in [-0.4, -0.2) is 37.7 Å². The molecule has 128 valence electrons. The molecule has 1 aliphatic heterocycles. The van der Waals surface area contributed by atoms with Crippen LogP contribution in [0.15, 0.2) is 36.9 Å². The molecule has 0 fully saturated rings. The largest absolute Gasteiger partial charge is 0.490 e. The van der Waals surface area contributed by atoms with Gasteiger partial charge in [0.2, 0.25) is 0 Å². The van der Waals surface area contributed by atoms with Gasteiger partial charge in [-0.1, -0.05) is 12.1 Å². The molecule has 1 amide bonds. The maximum absolute atomic E-state index is 11.8. The smallest absolute Gasteiger partial charge is 0.331 e. The van der Waals surface area contributed by atoms with Crippen LogP contribution in [0, 0.1) is 0 Å². The fourth-order valence-corrected chi connectivity index (χ4v) is 2.03. The van der Waals surface area contributed by atoms with Crippen LogP contribution < -0.4 is 14.8 Å². The van der Waals surface area contributed by atoms with E-state index < -0.39 is 12.1 Å². The Morgan fingerprint density at radius 3 is 2.83 bits per heavy atom. The lowest BCUT2D eigenvalue weighted by molar-refractivity contribution is -0.150. The van der Waals surface area contributed by atoms with Crippen LogP contribution in [-0.2, 0) is 14.3 Å². The third-order valence-corrected chi connectivity index (χ3v) is 3.27. The number of hydrogen-bond acceptors (Lipinski definition) is 5.